The summed E-state index contributed by atoms with van der Waals surface area (Å²) in [6.07, 6.45) is 1.86. The Morgan fingerprint density at radius 2 is 1.94 bits per heavy atom. The van der Waals surface area contributed by atoms with E-state index in [0.717, 1.165) is 30.8 Å². The van der Waals surface area contributed by atoms with E-state index in [1.54, 1.807) is 17.0 Å². The maximum Gasteiger partial charge on any atom is 0.253 e. The van der Waals surface area contributed by atoms with E-state index in [1.165, 1.54) is 33.8 Å². The van der Waals surface area contributed by atoms with Gasteiger partial charge in [0.25, 0.3) is 10.0 Å². The fourth-order valence-corrected chi connectivity index (χ4v) is 8.54. The van der Waals surface area contributed by atoms with E-state index < -0.39 is 16.1 Å². The Kier molecular flexibility index (Phi) is 8.45. The van der Waals surface area contributed by atoms with Gasteiger partial charge in [0.15, 0.2) is 5.13 Å². The van der Waals surface area contributed by atoms with E-state index in [1.807, 2.05) is 0 Å². The molecule has 35 heavy (non-hydrogen) atoms. The van der Waals surface area contributed by atoms with Crippen LogP contribution < -0.4 is 4.90 Å². The second-order valence-electron chi connectivity index (χ2n) is 8.31. The number of likely N-dealkylation sites (N-methyl/N-ethyl adjacent to an activating group) is 1. The zero-order chi connectivity index (χ0) is 25.2. The number of benzene rings is 1. The summed E-state index contributed by atoms with van der Waals surface area (Å²) >= 11 is 8.23. The van der Waals surface area contributed by atoms with Crippen molar-refractivity contribution in [2.75, 3.05) is 37.6 Å². The first-order chi connectivity index (χ1) is 16.7. The zero-order valence-corrected chi connectivity index (χ0v) is 22.8. The molecule has 0 saturated carbocycles. The summed E-state index contributed by atoms with van der Waals surface area (Å²) < 4.78 is 43.2. The monoisotopic (exact) mass is 558 g/mol. The van der Waals surface area contributed by atoms with Crippen LogP contribution in [0.3, 0.4) is 0 Å². The third-order valence-electron chi connectivity index (χ3n) is 6.22. The number of anilines is 1. The minimum absolute atomic E-state index is 0.132. The number of piperidine rings is 1. The molecule has 1 aliphatic heterocycles. The molecule has 1 amide bonds. The van der Waals surface area contributed by atoms with Gasteiger partial charge in [-0.15, -0.1) is 11.3 Å². The predicted octanol–water partition coefficient (Wildman–Crippen LogP) is 5.07. The molecule has 0 spiro atoms. The van der Waals surface area contributed by atoms with E-state index in [2.05, 4.69) is 23.7 Å². The number of amides is 1. The van der Waals surface area contributed by atoms with Crippen LogP contribution >= 0.6 is 34.3 Å². The molecule has 12 heteroatoms. The van der Waals surface area contributed by atoms with Crippen LogP contribution in [0, 0.1) is 5.82 Å². The van der Waals surface area contributed by atoms with E-state index in [4.69, 9.17) is 11.6 Å². The molecule has 0 aliphatic carbocycles. The molecule has 1 atom stereocenters. The number of aromatic nitrogens is 1. The maximum atomic E-state index is 14.0. The molecule has 1 fully saturated rings. The molecule has 0 N–H and O–H groups in total. The molecule has 1 saturated heterocycles. The molecular weight excluding hydrogens is 531 g/mol. The van der Waals surface area contributed by atoms with E-state index in [0.29, 0.717) is 45.6 Å². The lowest BCUT2D eigenvalue weighted by molar-refractivity contribution is -0.123. The quantitative estimate of drug-likeness (QED) is 0.367. The lowest BCUT2D eigenvalue weighted by Crippen LogP contribution is -2.54. The number of sulfonamides is 1. The van der Waals surface area contributed by atoms with Crippen LogP contribution in [0.1, 0.15) is 33.1 Å². The van der Waals surface area contributed by atoms with Crippen molar-refractivity contribution in [1.82, 2.24) is 14.2 Å². The summed E-state index contributed by atoms with van der Waals surface area (Å²) in [4.78, 5) is 22.4. The second-order valence-corrected chi connectivity index (χ2v) is 13.2. The third kappa shape index (κ3) is 5.70. The first-order valence-corrected chi connectivity index (χ1v) is 15.1. The topological polar surface area (TPSA) is 73.8 Å². The van der Waals surface area contributed by atoms with Crippen molar-refractivity contribution in [2.24, 2.45) is 0 Å². The van der Waals surface area contributed by atoms with Crippen molar-refractivity contribution in [1.29, 1.82) is 0 Å². The van der Waals surface area contributed by atoms with Crippen LogP contribution in [0.25, 0.3) is 10.2 Å². The van der Waals surface area contributed by atoms with Crippen molar-refractivity contribution in [3.63, 3.8) is 0 Å². The van der Waals surface area contributed by atoms with Crippen molar-refractivity contribution in [3.05, 3.63) is 40.5 Å². The van der Waals surface area contributed by atoms with Crippen LogP contribution in [-0.2, 0) is 14.8 Å². The molecule has 4 rings (SSSR count). The maximum absolute atomic E-state index is 14.0. The molecular formula is C23H28ClFN4O3S3. The second kappa shape index (κ2) is 11.2. The summed E-state index contributed by atoms with van der Waals surface area (Å²) in [6, 6.07) is 6.54. The van der Waals surface area contributed by atoms with E-state index >= 15 is 0 Å². The van der Waals surface area contributed by atoms with Gasteiger partial charge in [-0.1, -0.05) is 43.2 Å². The number of hydrogen-bond donors (Lipinski definition) is 0. The molecule has 0 radical (unpaired) electrons. The van der Waals surface area contributed by atoms with Gasteiger partial charge in [0.05, 0.1) is 14.6 Å². The van der Waals surface area contributed by atoms with Gasteiger partial charge in [0.2, 0.25) is 5.91 Å². The van der Waals surface area contributed by atoms with E-state index in [9.17, 15) is 17.6 Å². The minimum atomic E-state index is -3.88. The average molecular weight is 559 g/mol. The first-order valence-electron chi connectivity index (χ1n) is 11.6. The van der Waals surface area contributed by atoms with Crippen LogP contribution in [0.2, 0.25) is 4.34 Å². The Morgan fingerprint density at radius 3 is 2.63 bits per heavy atom. The third-order valence-corrected chi connectivity index (χ3v) is 10.9. The number of carbonyl (C=O) groups is 1. The molecule has 1 aliphatic rings. The largest absolute Gasteiger partial charge is 0.302 e. The lowest BCUT2D eigenvalue weighted by Gasteiger charge is -2.36. The minimum Gasteiger partial charge on any atom is -0.302 e. The first kappa shape index (κ1) is 26.4. The van der Waals surface area contributed by atoms with Gasteiger partial charge in [-0.2, -0.15) is 4.31 Å². The highest BCUT2D eigenvalue weighted by molar-refractivity contribution is 7.91. The van der Waals surface area contributed by atoms with Gasteiger partial charge in [-0.05, 0) is 56.3 Å². The average Bonchev–Trinajstić information content (AvgIpc) is 3.47. The Balaban J connectivity index is 1.69. The van der Waals surface area contributed by atoms with Crippen molar-refractivity contribution < 1.29 is 17.6 Å². The lowest BCUT2D eigenvalue weighted by atomic mass is 10.0. The van der Waals surface area contributed by atoms with Crippen molar-refractivity contribution >= 4 is 65.6 Å². The van der Waals surface area contributed by atoms with E-state index in [-0.39, 0.29) is 22.5 Å². The number of hydrogen-bond acceptors (Lipinski definition) is 7. The summed E-state index contributed by atoms with van der Waals surface area (Å²) in [7, 11) is -3.88. The van der Waals surface area contributed by atoms with Crippen molar-refractivity contribution in [2.45, 2.75) is 43.4 Å². The van der Waals surface area contributed by atoms with Crippen molar-refractivity contribution in [3.8, 4) is 0 Å². The number of fused-ring (bicyclic) bond motifs is 1. The molecule has 0 bridgehead atoms. The number of nitrogens with zero attached hydrogens (tertiary/aromatic N) is 4. The van der Waals surface area contributed by atoms with Crippen LogP contribution in [0.4, 0.5) is 9.52 Å². The van der Waals surface area contributed by atoms with Crippen LogP contribution in [0.15, 0.2) is 34.5 Å². The van der Waals surface area contributed by atoms with Crippen LogP contribution in [0.5, 0.6) is 0 Å². The SMILES string of the molecule is CCN(CC)CCN(C(=O)C1CCCCN1S(=O)(=O)c1ccc(Cl)s1)c1nc2ccc(F)cc2s1. The highest BCUT2D eigenvalue weighted by Crippen LogP contribution is 2.34. The molecule has 3 aromatic rings. The van der Waals surface area contributed by atoms with Gasteiger partial charge in [0, 0.05) is 19.6 Å². The van der Waals surface area contributed by atoms with Gasteiger partial charge in [0.1, 0.15) is 16.1 Å². The number of thiazole rings is 1. The van der Waals surface area contributed by atoms with Gasteiger partial charge in [-0.3, -0.25) is 9.69 Å². The summed E-state index contributed by atoms with van der Waals surface area (Å²) in [6.45, 7) is 7.00. The highest BCUT2D eigenvalue weighted by atomic mass is 35.5. The van der Waals surface area contributed by atoms with Gasteiger partial charge in [-0.25, -0.2) is 17.8 Å². The van der Waals surface area contributed by atoms with Crippen LogP contribution in [-0.4, -0.2) is 67.3 Å². The standard InChI is InChI=1S/C23H28ClFN4O3S3/c1-3-27(4-2)13-14-28(23-26-17-9-8-16(25)15-19(17)33-23)22(30)18-7-5-6-12-29(18)35(31,32)21-11-10-20(24)34-21/h8-11,15,18H,3-7,12-14H2,1-2H3. The Labute approximate surface area is 218 Å². The molecule has 1 aromatic carbocycles. The Morgan fingerprint density at radius 1 is 1.17 bits per heavy atom. The highest BCUT2D eigenvalue weighted by Gasteiger charge is 2.41. The number of rotatable bonds is 9. The molecule has 3 heterocycles. The fourth-order valence-electron chi connectivity index (χ4n) is 4.25. The Bertz CT molecular complexity index is 1290. The van der Waals surface area contributed by atoms with Gasteiger partial charge < -0.3 is 4.90 Å². The Hall–Kier alpha value is -1.63. The summed E-state index contributed by atoms with van der Waals surface area (Å²) in [5.41, 5.74) is 0.605. The molecule has 190 valence electrons. The number of carbonyl (C=O) groups excluding carboxylic acids is 1. The summed E-state index contributed by atoms with van der Waals surface area (Å²) in [5.74, 6) is -0.671. The predicted molar refractivity (Wildman–Crippen MR) is 141 cm³/mol. The molecule has 2 aromatic heterocycles. The fraction of sp³-hybridized carbons (Fsp3) is 0.478. The molecule has 7 nitrogen and oxygen atoms in total. The summed E-state index contributed by atoms with van der Waals surface area (Å²) in [5, 5.41) is 0.449. The normalized spacial score (nSPS) is 17.3. The smallest absolute Gasteiger partial charge is 0.253 e. The number of thiophene rings is 1. The van der Waals surface area contributed by atoms with Gasteiger partial charge >= 0.3 is 0 Å². The number of halogens is 2. The molecule has 1 unspecified atom stereocenters. The zero-order valence-electron chi connectivity index (χ0n) is 19.6.